The second kappa shape index (κ2) is 9.33. The van der Waals surface area contributed by atoms with Crippen molar-refractivity contribution in [3.8, 4) is 0 Å². The van der Waals surface area contributed by atoms with Gasteiger partial charge in [-0.15, -0.1) is 0 Å². The number of carbonyl (C=O) groups is 2. The number of hydrogen-bond acceptors (Lipinski definition) is 3. The predicted octanol–water partition coefficient (Wildman–Crippen LogP) is 4.44. The first-order chi connectivity index (χ1) is 13.8. The maximum atomic E-state index is 13.1. The molecule has 2 aromatic rings. The molecule has 3 rings (SSSR count). The Labute approximate surface area is 172 Å². The van der Waals surface area contributed by atoms with Gasteiger partial charge in [-0.05, 0) is 45.2 Å². The minimum atomic E-state index is -0.688. The molecule has 0 aliphatic heterocycles. The van der Waals surface area contributed by atoms with Crippen molar-refractivity contribution in [2.75, 3.05) is 0 Å². The van der Waals surface area contributed by atoms with E-state index in [1.807, 2.05) is 51.2 Å². The van der Waals surface area contributed by atoms with Gasteiger partial charge in [0.2, 0.25) is 5.91 Å². The average molecular weight is 400 g/mol. The van der Waals surface area contributed by atoms with E-state index in [1.54, 1.807) is 0 Å². The third kappa shape index (κ3) is 6.24. The molecular formula is C23H33N3O3. The molecule has 3 N–H and O–H groups in total. The molecule has 1 atom stereocenters. The third-order valence-corrected chi connectivity index (χ3v) is 5.31. The molecule has 1 saturated carbocycles. The minimum absolute atomic E-state index is 0.145. The molecule has 1 aromatic heterocycles. The number of H-pyrrole nitrogens is 1. The van der Waals surface area contributed by atoms with E-state index in [4.69, 9.17) is 4.74 Å². The largest absolute Gasteiger partial charge is 0.444 e. The summed E-state index contributed by atoms with van der Waals surface area (Å²) in [5.41, 5.74) is 1.40. The van der Waals surface area contributed by atoms with Gasteiger partial charge in [0.1, 0.15) is 11.6 Å². The highest BCUT2D eigenvalue weighted by molar-refractivity contribution is 5.88. The molecule has 29 heavy (non-hydrogen) atoms. The fourth-order valence-electron chi connectivity index (χ4n) is 3.90. The molecule has 0 saturated heterocycles. The van der Waals surface area contributed by atoms with Crippen molar-refractivity contribution in [2.24, 2.45) is 0 Å². The van der Waals surface area contributed by atoms with Crippen molar-refractivity contribution in [3.63, 3.8) is 0 Å². The van der Waals surface area contributed by atoms with Crippen LogP contribution < -0.4 is 10.6 Å². The summed E-state index contributed by atoms with van der Waals surface area (Å²) in [6.45, 7) is 5.44. The normalized spacial score (nSPS) is 16.8. The Morgan fingerprint density at radius 2 is 1.83 bits per heavy atom. The number of rotatable bonds is 5. The Morgan fingerprint density at radius 1 is 1.14 bits per heavy atom. The zero-order valence-corrected chi connectivity index (χ0v) is 17.7. The van der Waals surface area contributed by atoms with E-state index < -0.39 is 17.7 Å². The fraction of sp³-hybridized carbons (Fsp3) is 0.565. The Hall–Kier alpha value is -2.50. The van der Waals surface area contributed by atoms with E-state index in [0.29, 0.717) is 6.42 Å². The zero-order valence-electron chi connectivity index (χ0n) is 17.7. The van der Waals surface area contributed by atoms with Crippen molar-refractivity contribution in [3.05, 3.63) is 36.0 Å². The van der Waals surface area contributed by atoms with Crippen molar-refractivity contribution in [1.82, 2.24) is 15.6 Å². The van der Waals surface area contributed by atoms with Gasteiger partial charge < -0.3 is 20.4 Å². The molecule has 1 aliphatic rings. The van der Waals surface area contributed by atoms with Crippen LogP contribution in [0.4, 0.5) is 4.79 Å². The van der Waals surface area contributed by atoms with Gasteiger partial charge in [0.05, 0.1) is 0 Å². The van der Waals surface area contributed by atoms with Crippen molar-refractivity contribution >= 4 is 22.9 Å². The van der Waals surface area contributed by atoms with Crippen LogP contribution in [-0.2, 0) is 16.0 Å². The molecule has 0 spiro atoms. The molecule has 0 bridgehead atoms. The van der Waals surface area contributed by atoms with E-state index in [-0.39, 0.29) is 11.9 Å². The number of ether oxygens (including phenoxy) is 1. The molecule has 158 valence electrons. The maximum absolute atomic E-state index is 13.1. The van der Waals surface area contributed by atoms with E-state index in [1.165, 1.54) is 12.8 Å². The van der Waals surface area contributed by atoms with E-state index >= 15 is 0 Å². The topological polar surface area (TPSA) is 83.2 Å². The molecule has 1 aliphatic carbocycles. The molecule has 0 radical (unpaired) electrons. The molecule has 1 heterocycles. The molecular weight excluding hydrogens is 366 g/mol. The van der Waals surface area contributed by atoms with Crippen LogP contribution in [0.5, 0.6) is 0 Å². The number of benzene rings is 1. The Morgan fingerprint density at radius 3 is 2.52 bits per heavy atom. The predicted molar refractivity (Wildman–Crippen MR) is 115 cm³/mol. The summed E-state index contributed by atoms with van der Waals surface area (Å²) in [5.74, 6) is -0.145. The van der Waals surface area contributed by atoms with Crippen LogP contribution >= 0.6 is 0 Å². The Bertz CT molecular complexity index is 829. The van der Waals surface area contributed by atoms with Crippen molar-refractivity contribution in [1.29, 1.82) is 0 Å². The van der Waals surface area contributed by atoms with Gasteiger partial charge in [-0.3, -0.25) is 4.79 Å². The highest BCUT2D eigenvalue weighted by atomic mass is 16.6. The summed E-state index contributed by atoms with van der Waals surface area (Å²) in [6, 6.07) is 7.46. The lowest BCUT2D eigenvalue weighted by atomic mass is 10.0. The van der Waals surface area contributed by atoms with Crippen LogP contribution in [-0.4, -0.2) is 34.7 Å². The number of alkyl carbamates (subject to hydrolysis) is 1. The standard InChI is InChI=1S/C23H33N3O3/c1-23(2,3)29-22(28)26-20(21(27)25-17-10-6-4-5-7-11-17)14-16-15-24-19-13-9-8-12-18(16)19/h8-9,12-13,15,17,20,24H,4-7,10-11,14H2,1-3H3,(H,25,27)(H,26,28)/t20-/m1/s1. The van der Waals surface area contributed by atoms with Gasteiger partial charge in [-0.1, -0.05) is 43.9 Å². The van der Waals surface area contributed by atoms with Gasteiger partial charge in [0.15, 0.2) is 0 Å². The summed E-state index contributed by atoms with van der Waals surface area (Å²) in [6.07, 6.45) is 8.46. The molecule has 0 unspecified atom stereocenters. The van der Waals surface area contributed by atoms with Crippen molar-refractivity contribution < 1.29 is 14.3 Å². The highest BCUT2D eigenvalue weighted by Crippen LogP contribution is 2.21. The second-order valence-corrected chi connectivity index (χ2v) is 8.96. The van der Waals surface area contributed by atoms with Crippen LogP contribution in [0.2, 0.25) is 0 Å². The SMILES string of the molecule is CC(C)(C)OC(=O)N[C@H](Cc1c[nH]c2ccccc12)C(=O)NC1CCCCCC1. The van der Waals surface area contributed by atoms with Gasteiger partial charge in [0.25, 0.3) is 0 Å². The number of hydrogen-bond donors (Lipinski definition) is 3. The number of amides is 2. The first-order valence-corrected chi connectivity index (χ1v) is 10.7. The van der Waals surface area contributed by atoms with Crippen LogP contribution in [0.1, 0.15) is 64.9 Å². The number of carbonyl (C=O) groups excluding carboxylic acids is 2. The summed E-state index contributed by atoms with van der Waals surface area (Å²) in [5, 5.41) is 7.02. The summed E-state index contributed by atoms with van der Waals surface area (Å²) >= 11 is 0. The lowest BCUT2D eigenvalue weighted by Crippen LogP contribution is -2.51. The van der Waals surface area contributed by atoms with Gasteiger partial charge in [0, 0.05) is 29.6 Å². The Balaban J connectivity index is 1.74. The minimum Gasteiger partial charge on any atom is -0.444 e. The van der Waals surface area contributed by atoms with Crippen LogP contribution in [0, 0.1) is 0 Å². The zero-order chi connectivity index (χ0) is 20.9. The number of fused-ring (bicyclic) bond motifs is 1. The highest BCUT2D eigenvalue weighted by Gasteiger charge is 2.27. The third-order valence-electron chi connectivity index (χ3n) is 5.31. The monoisotopic (exact) mass is 399 g/mol. The quantitative estimate of drug-likeness (QED) is 0.650. The molecule has 6 heteroatoms. The fourth-order valence-corrected chi connectivity index (χ4v) is 3.90. The second-order valence-electron chi connectivity index (χ2n) is 8.96. The Kier molecular flexibility index (Phi) is 6.83. The van der Waals surface area contributed by atoms with Gasteiger partial charge in [-0.2, -0.15) is 0 Å². The van der Waals surface area contributed by atoms with Crippen LogP contribution in [0.25, 0.3) is 10.9 Å². The first-order valence-electron chi connectivity index (χ1n) is 10.7. The first kappa shape index (κ1) is 21.2. The lowest BCUT2D eigenvalue weighted by molar-refractivity contribution is -0.124. The summed E-state index contributed by atoms with van der Waals surface area (Å²) in [7, 11) is 0. The van der Waals surface area contributed by atoms with E-state index in [0.717, 1.165) is 42.1 Å². The van der Waals surface area contributed by atoms with Gasteiger partial charge >= 0.3 is 6.09 Å². The molecule has 2 amide bonds. The van der Waals surface area contributed by atoms with E-state index in [2.05, 4.69) is 15.6 Å². The summed E-state index contributed by atoms with van der Waals surface area (Å²) in [4.78, 5) is 28.7. The number of aromatic amines is 1. The molecule has 1 fully saturated rings. The van der Waals surface area contributed by atoms with Crippen LogP contribution in [0.3, 0.4) is 0 Å². The number of nitrogens with one attached hydrogen (secondary N) is 3. The number of aromatic nitrogens is 1. The van der Waals surface area contributed by atoms with Crippen molar-refractivity contribution in [2.45, 2.75) is 83.4 Å². The van der Waals surface area contributed by atoms with Gasteiger partial charge in [-0.25, -0.2) is 4.79 Å². The lowest BCUT2D eigenvalue weighted by Gasteiger charge is -2.25. The summed E-state index contributed by atoms with van der Waals surface area (Å²) < 4.78 is 5.40. The number of para-hydroxylation sites is 1. The van der Waals surface area contributed by atoms with E-state index in [9.17, 15) is 9.59 Å². The smallest absolute Gasteiger partial charge is 0.408 e. The van der Waals surface area contributed by atoms with Crippen LogP contribution in [0.15, 0.2) is 30.5 Å². The maximum Gasteiger partial charge on any atom is 0.408 e. The molecule has 1 aromatic carbocycles. The molecule has 6 nitrogen and oxygen atoms in total. The average Bonchev–Trinajstić information content (AvgIpc) is 2.87.